The Labute approximate surface area is 118 Å². The minimum absolute atomic E-state index is 0. The zero-order valence-corrected chi connectivity index (χ0v) is 12.8. The summed E-state index contributed by atoms with van der Waals surface area (Å²) in [5.74, 6) is 1.34. The molecule has 0 radical (unpaired) electrons. The first-order valence-electron chi connectivity index (χ1n) is 7.08. The van der Waals surface area contributed by atoms with Crippen molar-refractivity contribution < 1.29 is 4.79 Å². The molecule has 0 saturated carbocycles. The van der Waals surface area contributed by atoms with Gasteiger partial charge >= 0.3 is 0 Å². The maximum Gasteiger partial charge on any atom is 0.222 e. The zero-order chi connectivity index (χ0) is 12.8. The number of hydrogen-bond donors (Lipinski definition) is 1. The van der Waals surface area contributed by atoms with E-state index in [9.17, 15) is 4.79 Å². The number of rotatable bonds is 5. The van der Waals surface area contributed by atoms with E-state index in [2.05, 4.69) is 20.8 Å². The average Bonchev–Trinajstić information content (AvgIpc) is 2.29. The lowest BCUT2D eigenvalue weighted by Crippen LogP contribution is -2.45. The summed E-state index contributed by atoms with van der Waals surface area (Å²) in [6.07, 6.45) is 5.30. The molecule has 1 saturated heterocycles. The van der Waals surface area contributed by atoms with Gasteiger partial charge < -0.3 is 10.6 Å². The van der Waals surface area contributed by atoms with E-state index in [1.54, 1.807) is 0 Å². The van der Waals surface area contributed by atoms with E-state index in [1.165, 1.54) is 6.42 Å². The molecule has 1 fully saturated rings. The summed E-state index contributed by atoms with van der Waals surface area (Å²) in [5, 5.41) is 0. The van der Waals surface area contributed by atoms with Gasteiger partial charge in [-0.15, -0.1) is 12.4 Å². The smallest absolute Gasteiger partial charge is 0.222 e. The first kappa shape index (κ1) is 17.7. The van der Waals surface area contributed by atoms with Crippen LogP contribution in [0.4, 0.5) is 0 Å². The summed E-state index contributed by atoms with van der Waals surface area (Å²) in [5.41, 5.74) is 5.94. The first-order valence-corrected chi connectivity index (χ1v) is 7.08. The normalized spacial score (nSPS) is 23.1. The molecule has 2 N–H and O–H groups in total. The van der Waals surface area contributed by atoms with E-state index < -0.39 is 0 Å². The van der Waals surface area contributed by atoms with Gasteiger partial charge in [0, 0.05) is 25.6 Å². The number of amides is 1. The van der Waals surface area contributed by atoms with E-state index in [0.29, 0.717) is 24.2 Å². The molecular weight excluding hydrogens is 248 g/mol. The third-order valence-electron chi connectivity index (χ3n) is 3.86. The van der Waals surface area contributed by atoms with Crippen molar-refractivity contribution >= 4 is 18.3 Å². The van der Waals surface area contributed by atoms with Crippen LogP contribution >= 0.6 is 12.4 Å². The van der Waals surface area contributed by atoms with Gasteiger partial charge in [-0.05, 0) is 31.6 Å². The van der Waals surface area contributed by atoms with E-state index in [4.69, 9.17) is 5.73 Å². The Hall–Kier alpha value is -0.280. The van der Waals surface area contributed by atoms with Crippen molar-refractivity contribution in [2.45, 2.75) is 58.9 Å². The third kappa shape index (κ3) is 5.57. The van der Waals surface area contributed by atoms with Crippen molar-refractivity contribution in [3.05, 3.63) is 0 Å². The monoisotopic (exact) mass is 276 g/mol. The minimum Gasteiger partial charge on any atom is -0.342 e. The molecule has 1 amide bonds. The Morgan fingerprint density at radius 1 is 1.44 bits per heavy atom. The highest BCUT2D eigenvalue weighted by atomic mass is 35.5. The molecule has 0 aromatic heterocycles. The predicted octanol–water partition coefficient (Wildman–Crippen LogP) is 2.82. The van der Waals surface area contributed by atoms with E-state index in [0.717, 1.165) is 32.4 Å². The van der Waals surface area contributed by atoms with Crippen LogP contribution in [0.1, 0.15) is 52.9 Å². The quantitative estimate of drug-likeness (QED) is 0.839. The number of nitrogens with two attached hydrogens (primary N) is 1. The Balaban J connectivity index is 0.00000289. The summed E-state index contributed by atoms with van der Waals surface area (Å²) in [6.45, 7) is 8.21. The van der Waals surface area contributed by atoms with Crippen molar-refractivity contribution in [3.8, 4) is 0 Å². The second-order valence-corrected chi connectivity index (χ2v) is 5.70. The van der Waals surface area contributed by atoms with E-state index in [-0.39, 0.29) is 18.4 Å². The minimum atomic E-state index is 0. The Morgan fingerprint density at radius 3 is 2.67 bits per heavy atom. The van der Waals surface area contributed by atoms with Crippen LogP contribution in [0.25, 0.3) is 0 Å². The van der Waals surface area contributed by atoms with Gasteiger partial charge in [-0.25, -0.2) is 0 Å². The van der Waals surface area contributed by atoms with Gasteiger partial charge in [0.05, 0.1) is 0 Å². The SMILES string of the molecule is CCCC(C)CC(=O)N1CCCC(C(C)N)C1.Cl. The van der Waals surface area contributed by atoms with Crippen LogP contribution in [0.2, 0.25) is 0 Å². The number of carbonyl (C=O) groups is 1. The molecule has 3 unspecified atom stereocenters. The summed E-state index contributed by atoms with van der Waals surface area (Å²) in [6, 6.07) is 0.207. The molecule has 0 aromatic rings. The number of carbonyl (C=O) groups excluding carboxylic acids is 1. The highest BCUT2D eigenvalue weighted by Gasteiger charge is 2.26. The summed E-state index contributed by atoms with van der Waals surface area (Å²) >= 11 is 0. The molecule has 1 aliphatic heterocycles. The fourth-order valence-electron chi connectivity index (χ4n) is 2.69. The maximum absolute atomic E-state index is 12.1. The largest absolute Gasteiger partial charge is 0.342 e. The molecule has 0 aliphatic carbocycles. The topological polar surface area (TPSA) is 46.3 Å². The number of halogens is 1. The van der Waals surface area contributed by atoms with Crippen LogP contribution in [-0.2, 0) is 4.79 Å². The van der Waals surface area contributed by atoms with Gasteiger partial charge in [0.25, 0.3) is 0 Å². The molecule has 0 spiro atoms. The van der Waals surface area contributed by atoms with Crippen molar-refractivity contribution in [2.75, 3.05) is 13.1 Å². The maximum atomic E-state index is 12.1. The second kappa shape index (κ2) is 8.76. The van der Waals surface area contributed by atoms with Crippen LogP contribution < -0.4 is 5.73 Å². The lowest BCUT2D eigenvalue weighted by molar-refractivity contribution is -0.134. The van der Waals surface area contributed by atoms with E-state index in [1.807, 2.05) is 4.90 Å². The predicted molar refractivity (Wildman–Crippen MR) is 78.9 cm³/mol. The molecular formula is C14H29ClN2O. The van der Waals surface area contributed by atoms with E-state index >= 15 is 0 Å². The molecule has 108 valence electrons. The third-order valence-corrected chi connectivity index (χ3v) is 3.86. The first-order chi connectivity index (χ1) is 8.04. The number of piperidine rings is 1. The summed E-state index contributed by atoms with van der Waals surface area (Å²) in [4.78, 5) is 14.2. The molecule has 4 heteroatoms. The van der Waals surface area contributed by atoms with Crippen molar-refractivity contribution in [2.24, 2.45) is 17.6 Å². The summed E-state index contributed by atoms with van der Waals surface area (Å²) < 4.78 is 0. The molecule has 1 heterocycles. The van der Waals surface area contributed by atoms with Crippen molar-refractivity contribution in [1.82, 2.24) is 4.90 Å². The zero-order valence-electron chi connectivity index (χ0n) is 12.0. The van der Waals surface area contributed by atoms with Gasteiger partial charge in [0.15, 0.2) is 0 Å². The van der Waals surface area contributed by atoms with Crippen molar-refractivity contribution in [3.63, 3.8) is 0 Å². The van der Waals surface area contributed by atoms with Crippen LogP contribution in [0.5, 0.6) is 0 Å². The number of hydrogen-bond acceptors (Lipinski definition) is 2. The Kier molecular flexibility index (Phi) is 8.62. The van der Waals surface area contributed by atoms with Crippen molar-refractivity contribution in [1.29, 1.82) is 0 Å². The molecule has 3 nitrogen and oxygen atoms in total. The number of nitrogens with zero attached hydrogens (tertiary/aromatic N) is 1. The van der Waals surface area contributed by atoms with Crippen LogP contribution in [0.15, 0.2) is 0 Å². The molecule has 1 aliphatic rings. The van der Waals surface area contributed by atoms with Gasteiger partial charge in [-0.3, -0.25) is 4.79 Å². The molecule has 1 rings (SSSR count). The van der Waals surface area contributed by atoms with Gasteiger partial charge in [0.2, 0.25) is 5.91 Å². The standard InChI is InChI=1S/C14H28N2O.ClH/c1-4-6-11(2)9-14(17)16-8-5-7-13(10-16)12(3)15;/h11-13H,4-10,15H2,1-3H3;1H. The van der Waals surface area contributed by atoms with Gasteiger partial charge in [0.1, 0.15) is 0 Å². The fraction of sp³-hybridized carbons (Fsp3) is 0.929. The highest BCUT2D eigenvalue weighted by molar-refractivity contribution is 5.85. The molecule has 0 bridgehead atoms. The Bertz CT molecular complexity index is 246. The summed E-state index contributed by atoms with van der Waals surface area (Å²) in [7, 11) is 0. The Morgan fingerprint density at radius 2 is 2.11 bits per heavy atom. The number of likely N-dealkylation sites (tertiary alicyclic amines) is 1. The highest BCUT2D eigenvalue weighted by Crippen LogP contribution is 2.21. The van der Waals surface area contributed by atoms with Gasteiger partial charge in [-0.2, -0.15) is 0 Å². The molecule has 3 atom stereocenters. The molecule has 0 aromatic carbocycles. The van der Waals surface area contributed by atoms with Crippen LogP contribution in [0, 0.1) is 11.8 Å². The van der Waals surface area contributed by atoms with Crippen LogP contribution in [-0.4, -0.2) is 29.9 Å². The lowest BCUT2D eigenvalue weighted by atomic mass is 9.91. The van der Waals surface area contributed by atoms with Crippen LogP contribution in [0.3, 0.4) is 0 Å². The average molecular weight is 277 g/mol. The second-order valence-electron chi connectivity index (χ2n) is 5.70. The fourth-order valence-corrected chi connectivity index (χ4v) is 2.69. The molecule has 18 heavy (non-hydrogen) atoms. The van der Waals surface area contributed by atoms with Gasteiger partial charge in [-0.1, -0.05) is 26.7 Å². The lowest BCUT2D eigenvalue weighted by Gasteiger charge is -2.35.